The van der Waals surface area contributed by atoms with Crippen LogP contribution in [0.3, 0.4) is 0 Å². The minimum atomic E-state index is -1.14. The van der Waals surface area contributed by atoms with Crippen LogP contribution in [0.5, 0.6) is 5.75 Å². The van der Waals surface area contributed by atoms with Crippen LogP contribution in [-0.2, 0) is 27.3 Å². The fraction of sp³-hybridized carbons (Fsp3) is 0.375. The van der Waals surface area contributed by atoms with E-state index >= 15 is 0 Å². The predicted molar refractivity (Wildman–Crippen MR) is 121 cm³/mol. The van der Waals surface area contributed by atoms with Crippen molar-refractivity contribution in [3.8, 4) is 5.75 Å². The van der Waals surface area contributed by atoms with Crippen molar-refractivity contribution in [3.63, 3.8) is 0 Å². The number of hydrogen-bond acceptors (Lipinski definition) is 5. The van der Waals surface area contributed by atoms with Crippen molar-refractivity contribution in [1.29, 1.82) is 0 Å². The van der Waals surface area contributed by atoms with E-state index in [1.165, 1.54) is 12.2 Å². The molecule has 0 aliphatic heterocycles. The van der Waals surface area contributed by atoms with Crippen LogP contribution < -0.4 is 50.0 Å². The number of aromatic nitrogens is 1. The minimum Gasteiger partial charge on any atom is -0.550 e. The molecule has 0 saturated heterocycles. The van der Waals surface area contributed by atoms with Crippen LogP contribution in [-0.4, -0.2) is 42.0 Å². The predicted octanol–water partition coefficient (Wildman–Crippen LogP) is -1.52. The molecule has 1 aromatic heterocycles. The van der Waals surface area contributed by atoms with Gasteiger partial charge in [0.2, 0.25) is 11.8 Å². The standard InChI is InChI=1S/C24H31N3O5.Na/c1-3-22(28)25-11-5-7-13-27-17-18(15-24(30)31)20-16-19(9-10-21(20)27)32-14-8-6-12-26-23(29)4-2;/h3-4,9-10,16-17H,1-2,5-8,11-15H2,(H,25,28)(H,26,29)(H,30,31);/q;+1/p-1. The van der Waals surface area contributed by atoms with E-state index in [0.29, 0.717) is 37.6 Å². The summed E-state index contributed by atoms with van der Waals surface area (Å²) in [4.78, 5) is 33.5. The van der Waals surface area contributed by atoms with E-state index in [1.807, 2.05) is 29.0 Å². The van der Waals surface area contributed by atoms with E-state index in [9.17, 15) is 19.5 Å². The number of ether oxygens (including phenoxy) is 1. The number of carboxylic acids is 1. The topological polar surface area (TPSA) is 112 Å². The number of unbranched alkanes of at least 4 members (excludes halogenated alkanes) is 2. The van der Waals surface area contributed by atoms with Gasteiger partial charge in [0.05, 0.1) is 6.61 Å². The van der Waals surface area contributed by atoms with E-state index in [0.717, 1.165) is 36.6 Å². The average molecular weight is 464 g/mol. The summed E-state index contributed by atoms with van der Waals surface area (Å²) in [6.07, 6.45) is 7.32. The Labute approximate surface area is 216 Å². The summed E-state index contributed by atoms with van der Waals surface area (Å²) in [6, 6.07) is 5.65. The Morgan fingerprint density at radius 2 is 1.64 bits per heavy atom. The number of aryl methyl sites for hydroxylation is 1. The molecule has 2 amide bonds. The molecule has 172 valence electrons. The van der Waals surface area contributed by atoms with Gasteiger partial charge in [0.15, 0.2) is 0 Å². The van der Waals surface area contributed by atoms with Gasteiger partial charge < -0.3 is 29.8 Å². The van der Waals surface area contributed by atoms with Crippen molar-refractivity contribution in [2.75, 3.05) is 19.7 Å². The van der Waals surface area contributed by atoms with Gasteiger partial charge in [-0.25, -0.2) is 0 Å². The number of benzene rings is 1. The van der Waals surface area contributed by atoms with Gasteiger partial charge >= 0.3 is 29.6 Å². The number of nitrogens with one attached hydrogen (secondary N) is 2. The van der Waals surface area contributed by atoms with E-state index in [2.05, 4.69) is 23.8 Å². The summed E-state index contributed by atoms with van der Waals surface area (Å²) >= 11 is 0. The number of carbonyl (C=O) groups excluding carboxylic acids is 3. The first-order valence-corrected chi connectivity index (χ1v) is 10.7. The van der Waals surface area contributed by atoms with Crippen LogP contribution in [0.2, 0.25) is 0 Å². The molecule has 0 radical (unpaired) electrons. The van der Waals surface area contributed by atoms with Crippen LogP contribution in [0, 0.1) is 0 Å². The summed E-state index contributed by atoms with van der Waals surface area (Å²) in [7, 11) is 0. The van der Waals surface area contributed by atoms with Crippen LogP contribution in [0.15, 0.2) is 49.7 Å². The van der Waals surface area contributed by atoms with Crippen molar-refractivity contribution in [2.45, 2.75) is 38.6 Å². The normalized spacial score (nSPS) is 10.2. The average Bonchev–Trinajstić information content (AvgIpc) is 3.11. The van der Waals surface area contributed by atoms with Crippen molar-refractivity contribution in [2.24, 2.45) is 0 Å². The largest absolute Gasteiger partial charge is 1.00 e. The van der Waals surface area contributed by atoms with Gasteiger partial charge in [-0.1, -0.05) is 13.2 Å². The molecule has 2 aromatic rings. The zero-order valence-electron chi connectivity index (χ0n) is 19.2. The SMILES string of the molecule is C=CC(=O)NCCCCOc1ccc2c(c1)c(CC(=O)[O-])cn2CCCCNC(=O)C=C.[Na+]. The molecule has 1 aromatic carbocycles. The molecule has 0 saturated carbocycles. The number of rotatable bonds is 15. The van der Waals surface area contributed by atoms with Gasteiger partial charge in [0.25, 0.3) is 0 Å². The Bertz CT molecular complexity index is 970. The molecule has 0 fully saturated rings. The number of nitrogens with zero attached hydrogens (tertiary/aromatic N) is 1. The molecule has 2 rings (SSSR count). The first-order valence-electron chi connectivity index (χ1n) is 10.7. The molecule has 0 aliphatic rings. The maximum absolute atomic E-state index is 11.2. The summed E-state index contributed by atoms with van der Waals surface area (Å²) in [6.45, 7) is 9.13. The monoisotopic (exact) mass is 463 g/mol. The molecule has 0 atom stereocenters. The van der Waals surface area contributed by atoms with Gasteiger partial charge in [0.1, 0.15) is 5.75 Å². The second kappa shape index (κ2) is 15.3. The Morgan fingerprint density at radius 1 is 1.00 bits per heavy atom. The molecule has 8 nitrogen and oxygen atoms in total. The smallest absolute Gasteiger partial charge is 0.550 e. The van der Waals surface area contributed by atoms with Gasteiger partial charge in [-0.2, -0.15) is 0 Å². The molecule has 0 aliphatic carbocycles. The number of fused-ring (bicyclic) bond motifs is 1. The second-order valence-electron chi connectivity index (χ2n) is 7.33. The Morgan fingerprint density at radius 3 is 2.24 bits per heavy atom. The zero-order valence-corrected chi connectivity index (χ0v) is 21.2. The van der Waals surface area contributed by atoms with Gasteiger partial charge in [0, 0.05) is 49.1 Å². The molecular formula is C24H30N3NaO5. The first kappa shape index (κ1) is 28.5. The second-order valence-corrected chi connectivity index (χ2v) is 7.33. The summed E-state index contributed by atoms with van der Waals surface area (Å²) in [5.41, 5.74) is 1.61. The zero-order chi connectivity index (χ0) is 23.3. The molecule has 0 bridgehead atoms. The van der Waals surface area contributed by atoms with E-state index < -0.39 is 5.97 Å². The molecule has 0 spiro atoms. The number of hydrogen-bond donors (Lipinski definition) is 2. The van der Waals surface area contributed by atoms with E-state index in [4.69, 9.17) is 4.74 Å². The quantitative estimate of drug-likeness (QED) is 0.189. The maximum atomic E-state index is 11.2. The number of aliphatic carboxylic acids is 1. The summed E-state index contributed by atoms with van der Waals surface area (Å²) in [5, 5.41) is 17.5. The third-order valence-electron chi connectivity index (χ3n) is 4.90. The van der Waals surface area contributed by atoms with Crippen molar-refractivity contribution in [1.82, 2.24) is 15.2 Å². The van der Waals surface area contributed by atoms with E-state index in [1.54, 1.807) is 0 Å². The number of carbonyl (C=O) groups is 3. The fourth-order valence-corrected chi connectivity index (χ4v) is 3.31. The van der Waals surface area contributed by atoms with Crippen LogP contribution in [0.1, 0.15) is 31.2 Å². The van der Waals surface area contributed by atoms with Crippen LogP contribution >= 0.6 is 0 Å². The molecule has 9 heteroatoms. The van der Waals surface area contributed by atoms with Crippen molar-refractivity contribution >= 4 is 28.7 Å². The van der Waals surface area contributed by atoms with Crippen molar-refractivity contribution < 1.29 is 53.8 Å². The Hall–Kier alpha value is -2.55. The fourth-order valence-electron chi connectivity index (χ4n) is 3.31. The van der Waals surface area contributed by atoms with Gasteiger partial charge in [-0.05, 0) is 61.6 Å². The van der Waals surface area contributed by atoms with Gasteiger partial charge in [-0.3, -0.25) is 9.59 Å². The number of amides is 2. The molecular weight excluding hydrogens is 433 g/mol. The Kier molecular flexibility index (Phi) is 13.2. The molecule has 0 unspecified atom stereocenters. The van der Waals surface area contributed by atoms with Crippen LogP contribution in [0.25, 0.3) is 10.9 Å². The third-order valence-corrected chi connectivity index (χ3v) is 4.90. The number of carboxylic acid groups (broad SMARTS) is 1. The molecule has 2 N–H and O–H groups in total. The third kappa shape index (κ3) is 9.86. The minimum absolute atomic E-state index is 0. The summed E-state index contributed by atoms with van der Waals surface area (Å²) < 4.78 is 7.83. The summed E-state index contributed by atoms with van der Waals surface area (Å²) in [5.74, 6) is -0.856. The van der Waals surface area contributed by atoms with Gasteiger partial charge in [-0.15, -0.1) is 0 Å². The molecule has 1 heterocycles. The first-order chi connectivity index (χ1) is 15.4. The van der Waals surface area contributed by atoms with E-state index in [-0.39, 0.29) is 47.8 Å². The van der Waals surface area contributed by atoms with Crippen LogP contribution in [0.4, 0.5) is 0 Å². The van der Waals surface area contributed by atoms with Crippen molar-refractivity contribution in [3.05, 3.63) is 55.3 Å². The maximum Gasteiger partial charge on any atom is 1.00 e. The molecule has 33 heavy (non-hydrogen) atoms. The Balaban J connectivity index is 0.00000544.